The van der Waals surface area contributed by atoms with E-state index in [-0.39, 0.29) is 0 Å². The Morgan fingerprint density at radius 3 is 2.87 bits per heavy atom. The molecule has 2 saturated carbocycles. The van der Waals surface area contributed by atoms with Crippen LogP contribution in [0.15, 0.2) is 11.1 Å². The zero-order valence-electron chi connectivity index (χ0n) is 9.15. The molecule has 15 heavy (non-hydrogen) atoms. The molecule has 0 saturated heterocycles. The van der Waals surface area contributed by atoms with Crippen molar-refractivity contribution in [2.75, 3.05) is 12.9 Å². The average Bonchev–Trinajstić information content (AvgIpc) is 2.78. The molecule has 4 heteroatoms. The topological polar surface area (TPSA) is 41.3 Å². The van der Waals surface area contributed by atoms with Crippen molar-refractivity contribution in [2.24, 2.45) is 11.7 Å². The predicted octanol–water partition coefficient (Wildman–Crippen LogP) is 0.932. The summed E-state index contributed by atoms with van der Waals surface area (Å²) < 4.78 is 0. The summed E-state index contributed by atoms with van der Waals surface area (Å²) in [5, 5.41) is 3.71. The Bertz CT molecular complexity index is 286. The van der Waals surface area contributed by atoms with Crippen LogP contribution in [0.2, 0.25) is 0 Å². The fourth-order valence-corrected chi connectivity index (χ4v) is 3.62. The molecule has 0 amide bonds. The molecule has 84 valence electrons. The van der Waals surface area contributed by atoms with Crippen molar-refractivity contribution in [3.63, 3.8) is 0 Å². The molecule has 2 unspecified atom stereocenters. The quantitative estimate of drug-likeness (QED) is 0.750. The third-order valence-electron chi connectivity index (χ3n) is 3.56. The maximum Gasteiger partial charge on any atom is 0.0674 e. The summed E-state index contributed by atoms with van der Waals surface area (Å²) in [7, 11) is 2.15. The Morgan fingerprint density at radius 2 is 2.27 bits per heavy atom. The van der Waals surface area contributed by atoms with Gasteiger partial charge < -0.3 is 16.0 Å². The van der Waals surface area contributed by atoms with Crippen LogP contribution in [0.3, 0.4) is 0 Å². The third-order valence-corrected chi connectivity index (χ3v) is 4.84. The second kappa shape index (κ2) is 3.68. The van der Waals surface area contributed by atoms with Crippen molar-refractivity contribution in [3.8, 4) is 0 Å². The standard InChI is InChI=1S/C11H19N3S/c1-14-5-11(15-6-14)9-4-10(9)13-8-2-7(12)3-8/h5,7-10,13H,2-4,6,12H2,1H3. The van der Waals surface area contributed by atoms with Crippen LogP contribution in [-0.4, -0.2) is 35.9 Å². The average molecular weight is 225 g/mol. The molecule has 3 N–H and O–H groups in total. The number of thioether (sulfide) groups is 1. The summed E-state index contributed by atoms with van der Waals surface area (Å²) in [6.07, 6.45) is 5.99. The molecular formula is C11H19N3S. The maximum absolute atomic E-state index is 5.78. The van der Waals surface area contributed by atoms with Gasteiger partial charge in [-0.2, -0.15) is 0 Å². The second-order valence-corrected chi connectivity index (χ2v) is 6.12. The second-order valence-electron chi connectivity index (χ2n) is 5.11. The molecule has 2 atom stereocenters. The van der Waals surface area contributed by atoms with Gasteiger partial charge in [-0.3, -0.25) is 0 Å². The van der Waals surface area contributed by atoms with Gasteiger partial charge in [0.2, 0.25) is 0 Å². The van der Waals surface area contributed by atoms with E-state index in [1.54, 1.807) is 4.91 Å². The highest BCUT2D eigenvalue weighted by Gasteiger charge is 2.43. The summed E-state index contributed by atoms with van der Waals surface area (Å²) in [6.45, 7) is 0. The van der Waals surface area contributed by atoms with Crippen molar-refractivity contribution in [1.29, 1.82) is 0 Å². The fraction of sp³-hybridized carbons (Fsp3) is 0.818. The van der Waals surface area contributed by atoms with E-state index in [4.69, 9.17) is 5.73 Å². The lowest BCUT2D eigenvalue weighted by molar-refractivity contribution is 0.288. The van der Waals surface area contributed by atoms with Crippen molar-refractivity contribution in [1.82, 2.24) is 10.2 Å². The molecule has 3 nitrogen and oxygen atoms in total. The van der Waals surface area contributed by atoms with Crippen LogP contribution >= 0.6 is 11.8 Å². The van der Waals surface area contributed by atoms with Gasteiger partial charge in [0.25, 0.3) is 0 Å². The third kappa shape index (κ3) is 2.03. The van der Waals surface area contributed by atoms with Gasteiger partial charge >= 0.3 is 0 Å². The van der Waals surface area contributed by atoms with Gasteiger partial charge in [0.1, 0.15) is 0 Å². The van der Waals surface area contributed by atoms with Crippen molar-refractivity contribution >= 4 is 11.8 Å². The van der Waals surface area contributed by atoms with Crippen LogP contribution in [0.1, 0.15) is 19.3 Å². The number of hydrogen-bond donors (Lipinski definition) is 2. The smallest absolute Gasteiger partial charge is 0.0674 e. The van der Waals surface area contributed by atoms with E-state index in [0.717, 1.165) is 17.8 Å². The highest BCUT2D eigenvalue weighted by atomic mass is 32.2. The van der Waals surface area contributed by atoms with Gasteiger partial charge in [-0.25, -0.2) is 0 Å². The van der Waals surface area contributed by atoms with E-state index in [1.807, 2.05) is 11.8 Å². The van der Waals surface area contributed by atoms with Gasteiger partial charge in [-0.1, -0.05) is 0 Å². The molecule has 0 spiro atoms. The summed E-state index contributed by atoms with van der Waals surface area (Å²) in [5.74, 6) is 1.93. The number of hydrogen-bond acceptors (Lipinski definition) is 4. The van der Waals surface area contributed by atoms with Gasteiger partial charge in [0.05, 0.1) is 5.88 Å². The molecule has 0 aromatic heterocycles. The molecule has 2 fully saturated rings. The van der Waals surface area contributed by atoms with Gasteiger partial charge in [-0.05, 0) is 19.3 Å². The lowest BCUT2D eigenvalue weighted by atomic mass is 9.87. The Hall–Kier alpha value is -0.190. The Kier molecular flexibility index (Phi) is 2.45. The molecule has 0 radical (unpaired) electrons. The van der Waals surface area contributed by atoms with E-state index in [2.05, 4.69) is 23.5 Å². The number of nitrogens with two attached hydrogens (primary N) is 1. The zero-order valence-corrected chi connectivity index (χ0v) is 9.96. The number of rotatable bonds is 3. The highest BCUT2D eigenvalue weighted by Crippen LogP contribution is 2.45. The van der Waals surface area contributed by atoms with Crippen LogP contribution in [0.5, 0.6) is 0 Å². The molecule has 0 aromatic rings. The van der Waals surface area contributed by atoms with Crippen LogP contribution in [0.25, 0.3) is 0 Å². The SMILES string of the molecule is CN1C=C(C2CC2NC2CC(N)C2)SC1. The number of nitrogens with one attached hydrogen (secondary N) is 1. The normalized spacial score (nSPS) is 43.9. The molecular weight excluding hydrogens is 206 g/mol. The van der Waals surface area contributed by atoms with Crippen LogP contribution in [0.4, 0.5) is 0 Å². The van der Waals surface area contributed by atoms with E-state index in [9.17, 15) is 0 Å². The van der Waals surface area contributed by atoms with Gasteiger partial charge in [0, 0.05) is 42.2 Å². The monoisotopic (exact) mass is 225 g/mol. The van der Waals surface area contributed by atoms with Crippen LogP contribution in [-0.2, 0) is 0 Å². The summed E-state index contributed by atoms with van der Waals surface area (Å²) >= 11 is 2.00. The molecule has 1 aliphatic heterocycles. The van der Waals surface area contributed by atoms with Crippen molar-refractivity contribution < 1.29 is 0 Å². The first-order valence-electron chi connectivity index (χ1n) is 5.79. The highest BCUT2D eigenvalue weighted by molar-refractivity contribution is 8.03. The Morgan fingerprint density at radius 1 is 1.47 bits per heavy atom. The molecule has 0 aromatic carbocycles. The van der Waals surface area contributed by atoms with Crippen LogP contribution < -0.4 is 11.1 Å². The first kappa shape index (κ1) is 10.00. The minimum atomic E-state index is 0.464. The lowest BCUT2D eigenvalue weighted by Gasteiger charge is -2.33. The van der Waals surface area contributed by atoms with E-state index < -0.39 is 0 Å². The largest absolute Gasteiger partial charge is 0.370 e. The summed E-state index contributed by atoms with van der Waals surface area (Å²) in [4.78, 5) is 3.85. The predicted molar refractivity (Wildman–Crippen MR) is 64.3 cm³/mol. The lowest BCUT2D eigenvalue weighted by Crippen LogP contribution is -2.49. The molecule has 2 aliphatic carbocycles. The summed E-state index contributed by atoms with van der Waals surface area (Å²) in [5.41, 5.74) is 5.78. The van der Waals surface area contributed by atoms with Crippen molar-refractivity contribution in [2.45, 2.75) is 37.4 Å². The molecule has 3 rings (SSSR count). The minimum absolute atomic E-state index is 0.464. The van der Waals surface area contributed by atoms with E-state index >= 15 is 0 Å². The molecule has 0 bridgehead atoms. The maximum atomic E-state index is 5.78. The molecule has 3 aliphatic rings. The zero-order chi connectivity index (χ0) is 10.4. The van der Waals surface area contributed by atoms with E-state index in [1.165, 1.54) is 19.3 Å². The van der Waals surface area contributed by atoms with Crippen LogP contribution in [0, 0.1) is 5.92 Å². The molecule has 1 heterocycles. The van der Waals surface area contributed by atoms with Gasteiger partial charge in [-0.15, -0.1) is 11.8 Å². The van der Waals surface area contributed by atoms with Crippen molar-refractivity contribution in [3.05, 3.63) is 11.1 Å². The minimum Gasteiger partial charge on any atom is -0.370 e. The summed E-state index contributed by atoms with van der Waals surface area (Å²) in [6, 6.07) is 1.92. The van der Waals surface area contributed by atoms with E-state index in [0.29, 0.717) is 12.1 Å². The fourth-order valence-electron chi connectivity index (χ4n) is 2.47. The van der Waals surface area contributed by atoms with Gasteiger partial charge in [0.15, 0.2) is 0 Å². The number of nitrogens with zero attached hydrogens (tertiary/aromatic N) is 1. The first-order chi connectivity index (χ1) is 7.22. The Labute approximate surface area is 95.5 Å². The Balaban J connectivity index is 1.46. The first-order valence-corrected chi connectivity index (χ1v) is 6.77.